The van der Waals surface area contributed by atoms with Crippen molar-refractivity contribution in [2.75, 3.05) is 6.54 Å². The van der Waals surface area contributed by atoms with E-state index in [2.05, 4.69) is 20.1 Å². The molecule has 1 aliphatic heterocycles. The number of fused-ring (bicyclic) bond motifs is 2. The Kier molecular flexibility index (Phi) is 4.78. The summed E-state index contributed by atoms with van der Waals surface area (Å²) in [6.07, 6.45) is -1.25. The van der Waals surface area contributed by atoms with Crippen LogP contribution in [0.2, 0.25) is 0 Å². The number of aliphatic hydroxyl groups is 1. The standard InChI is InChI=1S/C21H19F3N6O3/c1-21(2,32)20-27-15(18(23)24)17(33-20)19(31)29-7-6-11-14(26-9-25-11)16(29)12-8-10-4-3-5-13(22)30(10)28-12/h3-5,8-9,16,18,32H,6-7H2,1-2H3,(H,25,26)/t16-/m1/s1. The number of carbonyl (C=O) groups is 1. The van der Waals surface area contributed by atoms with Gasteiger partial charge in [-0.1, -0.05) is 6.07 Å². The van der Waals surface area contributed by atoms with Gasteiger partial charge in [-0.3, -0.25) is 4.79 Å². The molecule has 0 saturated heterocycles. The normalized spacial score (nSPS) is 16.6. The smallest absolute Gasteiger partial charge is 0.292 e. The van der Waals surface area contributed by atoms with E-state index in [1.54, 1.807) is 12.1 Å². The van der Waals surface area contributed by atoms with Crippen LogP contribution in [-0.4, -0.2) is 47.0 Å². The van der Waals surface area contributed by atoms with E-state index in [4.69, 9.17) is 4.42 Å². The first-order chi connectivity index (χ1) is 15.6. The van der Waals surface area contributed by atoms with Crippen LogP contribution >= 0.6 is 0 Å². The summed E-state index contributed by atoms with van der Waals surface area (Å²) in [5.74, 6) is -2.52. The molecule has 0 aliphatic carbocycles. The van der Waals surface area contributed by atoms with Crippen LogP contribution in [0.15, 0.2) is 35.0 Å². The maximum Gasteiger partial charge on any atom is 0.292 e. The number of amides is 1. The van der Waals surface area contributed by atoms with Gasteiger partial charge in [-0.15, -0.1) is 0 Å². The molecule has 0 unspecified atom stereocenters. The number of alkyl halides is 2. The number of H-pyrrole nitrogens is 1. The number of nitrogens with one attached hydrogen (secondary N) is 1. The van der Waals surface area contributed by atoms with E-state index in [9.17, 15) is 23.1 Å². The number of rotatable bonds is 4. The van der Waals surface area contributed by atoms with Crippen molar-refractivity contribution in [3.8, 4) is 0 Å². The number of hydrogen-bond acceptors (Lipinski definition) is 6. The van der Waals surface area contributed by atoms with Crippen LogP contribution in [0.25, 0.3) is 5.52 Å². The minimum absolute atomic E-state index is 0.135. The molecule has 172 valence electrons. The highest BCUT2D eigenvalue weighted by atomic mass is 19.3. The van der Waals surface area contributed by atoms with Crippen LogP contribution in [0, 0.1) is 5.95 Å². The summed E-state index contributed by atoms with van der Waals surface area (Å²) >= 11 is 0. The molecule has 0 spiro atoms. The first-order valence-electron chi connectivity index (χ1n) is 10.1. The molecule has 2 N–H and O–H groups in total. The van der Waals surface area contributed by atoms with E-state index in [1.807, 2.05) is 0 Å². The van der Waals surface area contributed by atoms with Gasteiger partial charge in [0.25, 0.3) is 12.3 Å². The Morgan fingerprint density at radius 1 is 1.36 bits per heavy atom. The second-order valence-electron chi connectivity index (χ2n) is 8.26. The predicted molar refractivity (Wildman–Crippen MR) is 107 cm³/mol. The third-order valence-corrected chi connectivity index (χ3v) is 5.50. The minimum Gasteiger partial charge on any atom is -0.432 e. The predicted octanol–water partition coefficient (Wildman–Crippen LogP) is 3.14. The Hall–Kier alpha value is -3.67. The number of oxazole rings is 1. The van der Waals surface area contributed by atoms with E-state index < -0.39 is 47.3 Å². The van der Waals surface area contributed by atoms with Crippen molar-refractivity contribution in [3.05, 3.63) is 71.0 Å². The third-order valence-electron chi connectivity index (χ3n) is 5.50. The van der Waals surface area contributed by atoms with Crippen molar-refractivity contribution in [2.45, 2.75) is 38.3 Å². The van der Waals surface area contributed by atoms with Gasteiger partial charge in [-0.2, -0.15) is 9.49 Å². The maximum absolute atomic E-state index is 14.2. The van der Waals surface area contributed by atoms with Gasteiger partial charge in [0.05, 0.1) is 23.2 Å². The lowest BCUT2D eigenvalue weighted by molar-refractivity contribution is 0.0440. The Balaban J connectivity index is 1.63. The van der Waals surface area contributed by atoms with E-state index in [-0.39, 0.29) is 6.54 Å². The molecule has 12 heteroatoms. The SMILES string of the molecule is CC(C)(O)c1nc(C(F)F)c(C(=O)N2CCc3[nH]cnc3[C@H]2c2cc3cccc(F)n3n2)o1. The molecule has 5 heterocycles. The first-order valence-corrected chi connectivity index (χ1v) is 10.1. The van der Waals surface area contributed by atoms with Crippen molar-refractivity contribution >= 4 is 11.4 Å². The van der Waals surface area contributed by atoms with Gasteiger partial charge in [0, 0.05) is 18.7 Å². The van der Waals surface area contributed by atoms with Crippen LogP contribution in [0.4, 0.5) is 13.2 Å². The quantitative estimate of drug-likeness (QED) is 0.453. The average Bonchev–Trinajstić information content (AvgIpc) is 3.49. The molecular weight excluding hydrogens is 441 g/mol. The molecule has 0 fully saturated rings. The van der Waals surface area contributed by atoms with Gasteiger partial charge in [0.2, 0.25) is 17.6 Å². The molecule has 33 heavy (non-hydrogen) atoms. The number of imidazole rings is 1. The summed E-state index contributed by atoms with van der Waals surface area (Å²) in [6.45, 7) is 2.76. The molecular formula is C21H19F3N6O3. The number of aromatic amines is 1. The number of hydrogen-bond donors (Lipinski definition) is 2. The van der Waals surface area contributed by atoms with Crippen LogP contribution in [0.3, 0.4) is 0 Å². The fourth-order valence-electron chi connectivity index (χ4n) is 3.96. The summed E-state index contributed by atoms with van der Waals surface area (Å²) in [5, 5.41) is 14.5. The summed E-state index contributed by atoms with van der Waals surface area (Å²) in [6, 6.07) is 5.15. The number of nitrogens with zero attached hydrogens (tertiary/aromatic N) is 5. The molecule has 1 atom stereocenters. The fraction of sp³-hybridized carbons (Fsp3) is 0.333. The molecule has 0 radical (unpaired) electrons. The molecule has 5 rings (SSSR count). The second-order valence-corrected chi connectivity index (χ2v) is 8.26. The summed E-state index contributed by atoms with van der Waals surface area (Å²) in [4.78, 5) is 25.8. The van der Waals surface area contributed by atoms with Gasteiger partial charge < -0.3 is 19.4 Å². The zero-order chi connectivity index (χ0) is 23.5. The Bertz CT molecular complexity index is 1350. The molecule has 0 bridgehead atoms. The van der Waals surface area contributed by atoms with Crippen LogP contribution in [0.1, 0.15) is 65.5 Å². The van der Waals surface area contributed by atoms with Gasteiger partial charge in [0.15, 0.2) is 5.69 Å². The molecule has 4 aromatic rings. The Morgan fingerprint density at radius 3 is 2.85 bits per heavy atom. The van der Waals surface area contributed by atoms with Crippen molar-refractivity contribution in [2.24, 2.45) is 0 Å². The zero-order valence-electron chi connectivity index (χ0n) is 17.6. The maximum atomic E-state index is 14.2. The monoisotopic (exact) mass is 460 g/mol. The largest absolute Gasteiger partial charge is 0.432 e. The van der Waals surface area contributed by atoms with E-state index in [0.29, 0.717) is 23.3 Å². The third kappa shape index (κ3) is 3.46. The number of halogens is 3. The van der Waals surface area contributed by atoms with E-state index >= 15 is 0 Å². The minimum atomic E-state index is -3.10. The highest BCUT2D eigenvalue weighted by Gasteiger charge is 2.40. The Labute approximate surface area is 184 Å². The topological polar surface area (TPSA) is 113 Å². The van der Waals surface area contributed by atoms with Crippen molar-refractivity contribution < 1.29 is 27.5 Å². The van der Waals surface area contributed by atoms with Crippen LogP contribution in [-0.2, 0) is 12.0 Å². The second kappa shape index (κ2) is 7.44. The van der Waals surface area contributed by atoms with Gasteiger partial charge in [-0.05, 0) is 32.0 Å². The lowest BCUT2D eigenvalue weighted by Crippen LogP contribution is -2.41. The molecule has 1 amide bonds. The van der Waals surface area contributed by atoms with Crippen molar-refractivity contribution in [3.63, 3.8) is 0 Å². The number of aromatic nitrogens is 5. The van der Waals surface area contributed by atoms with Gasteiger partial charge in [0.1, 0.15) is 11.6 Å². The zero-order valence-corrected chi connectivity index (χ0v) is 17.6. The van der Waals surface area contributed by atoms with Gasteiger partial charge >= 0.3 is 0 Å². The molecule has 0 aromatic carbocycles. The van der Waals surface area contributed by atoms with Crippen molar-refractivity contribution in [1.82, 2.24) is 29.5 Å². The van der Waals surface area contributed by atoms with Crippen molar-refractivity contribution in [1.29, 1.82) is 0 Å². The fourth-order valence-corrected chi connectivity index (χ4v) is 3.96. The molecule has 1 aliphatic rings. The van der Waals surface area contributed by atoms with Gasteiger partial charge in [-0.25, -0.2) is 23.3 Å². The number of pyridine rings is 1. The highest BCUT2D eigenvalue weighted by Crippen LogP contribution is 2.36. The number of carbonyl (C=O) groups excluding carboxylic acids is 1. The van der Waals surface area contributed by atoms with Crippen LogP contribution in [0.5, 0.6) is 0 Å². The molecule has 9 nitrogen and oxygen atoms in total. The summed E-state index contributed by atoms with van der Waals surface area (Å²) < 4.78 is 48.1. The highest BCUT2D eigenvalue weighted by molar-refractivity contribution is 5.93. The summed E-state index contributed by atoms with van der Waals surface area (Å²) in [7, 11) is 0. The lowest BCUT2D eigenvalue weighted by Gasteiger charge is -2.33. The molecule has 0 saturated carbocycles. The van der Waals surface area contributed by atoms with Crippen LogP contribution < -0.4 is 0 Å². The Morgan fingerprint density at radius 2 is 2.15 bits per heavy atom. The average molecular weight is 460 g/mol. The van der Waals surface area contributed by atoms with E-state index in [0.717, 1.165) is 10.2 Å². The lowest BCUT2D eigenvalue weighted by atomic mass is 9.99. The first kappa shape index (κ1) is 21.2. The molecule has 4 aromatic heterocycles. The summed E-state index contributed by atoms with van der Waals surface area (Å²) in [5.41, 5.74) is -0.535. The van der Waals surface area contributed by atoms with E-state index in [1.165, 1.54) is 37.2 Å².